The van der Waals surface area contributed by atoms with Crippen molar-refractivity contribution in [3.63, 3.8) is 0 Å². The van der Waals surface area contributed by atoms with Crippen molar-refractivity contribution >= 4 is 0 Å². The van der Waals surface area contributed by atoms with Gasteiger partial charge in [-0.3, -0.25) is 4.98 Å². The third-order valence-electron chi connectivity index (χ3n) is 2.41. The Bertz CT molecular complexity index is 546. The van der Waals surface area contributed by atoms with Crippen LogP contribution in [-0.2, 0) is 13.2 Å². The SMILES string of the molecule is NCc1ccc(OCc2cncc(F)c2)cc1F. The van der Waals surface area contributed by atoms with Crippen LogP contribution in [0.2, 0.25) is 0 Å². The van der Waals surface area contributed by atoms with E-state index in [-0.39, 0.29) is 13.2 Å². The fraction of sp³-hybridized carbons (Fsp3) is 0.154. The zero-order valence-electron chi connectivity index (χ0n) is 9.57. The second-order valence-electron chi connectivity index (χ2n) is 3.76. The van der Waals surface area contributed by atoms with Gasteiger partial charge in [-0.25, -0.2) is 8.78 Å². The third-order valence-corrected chi connectivity index (χ3v) is 2.41. The Hall–Kier alpha value is -2.01. The monoisotopic (exact) mass is 250 g/mol. The van der Waals surface area contributed by atoms with Crippen molar-refractivity contribution in [1.82, 2.24) is 4.98 Å². The largest absolute Gasteiger partial charge is 0.489 e. The molecule has 0 unspecified atom stereocenters. The first-order chi connectivity index (χ1) is 8.69. The first-order valence-electron chi connectivity index (χ1n) is 5.40. The molecule has 1 heterocycles. The van der Waals surface area contributed by atoms with Crippen LogP contribution in [0.4, 0.5) is 8.78 Å². The molecule has 0 radical (unpaired) electrons. The summed E-state index contributed by atoms with van der Waals surface area (Å²) in [6, 6.07) is 5.76. The molecule has 0 saturated heterocycles. The van der Waals surface area contributed by atoms with Gasteiger partial charge < -0.3 is 10.5 Å². The average Bonchev–Trinajstić information content (AvgIpc) is 2.37. The Morgan fingerprint density at radius 3 is 2.67 bits per heavy atom. The lowest BCUT2D eigenvalue weighted by atomic mass is 10.2. The summed E-state index contributed by atoms with van der Waals surface area (Å²) in [4.78, 5) is 3.70. The minimum Gasteiger partial charge on any atom is -0.489 e. The number of ether oxygens (including phenoxy) is 1. The summed E-state index contributed by atoms with van der Waals surface area (Å²) in [5, 5.41) is 0. The Kier molecular flexibility index (Phi) is 3.84. The lowest BCUT2D eigenvalue weighted by Crippen LogP contribution is -2.01. The Morgan fingerprint density at radius 2 is 2.00 bits per heavy atom. The normalized spacial score (nSPS) is 10.4. The first-order valence-corrected chi connectivity index (χ1v) is 5.40. The zero-order chi connectivity index (χ0) is 13.0. The van der Waals surface area contributed by atoms with E-state index in [1.165, 1.54) is 18.3 Å². The van der Waals surface area contributed by atoms with E-state index < -0.39 is 11.6 Å². The van der Waals surface area contributed by atoms with E-state index in [0.29, 0.717) is 16.9 Å². The highest BCUT2D eigenvalue weighted by Gasteiger charge is 2.03. The summed E-state index contributed by atoms with van der Waals surface area (Å²) in [7, 11) is 0. The van der Waals surface area contributed by atoms with Crippen LogP contribution in [0.25, 0.3) is 0 Å². The van der Waals surface area contributed by atoms with E-state index in [1.807, 2.05) is 0 Å². The standard InChI is InChI=1S/C13H12F2N2O/c14-11-3-9(6-17-7-11)8-18-12-2-1-10(5-16)13(15)4-12/h1-4,6-7H,5,8,16H2. The average molecular weight is 250 g/mol. The van der Waals surface area contributed by atoms with Crippen molar-refractivity contribution in [1.29, 1.82) is 0 Å². The van der Waals surface area contributed by atoms with Crippen molar-refractivity contribution < 1.29 is 13.5 Å². The summed E-state index contributed by atoms with van der Waals surface area (Å²) in [5.41, 5.74) is 6.36. The molecule has 0 amide bonds. The van der Waals surface area contributed by atoms with Crippen LogP contribution >= 0.6 is 0 Å². The van der Waals surface area contributed by atoms with Crippen LogP contribution in [0.3, 0.4) is 0 Å². The predicted molar refractivity (Wildman–Crippen MR) is 62.8 cm³/mol. The highest BCUT2D eigenvalue weighted by molar-refractivity contribution is 5.29. The number of aromatic nitrogens is 1. The van der Waals surface area contributed by atoms with Crippen LogP contribution in [0, 0.1) is 11.6 Å². The van der Waals surface area contributed by atoms with Crippen molar-refractivity contribution in [3.05, 3.63) is 59.4 Å². The molecule has 94 valence electrons. The van der Waals surface area contributed by atoms with E-state index in [4.69, 9.17) is 10.5 Å². The lowest BCUT2D eigenvalue weighted by molar-refractivity contribution is 0.303. The number of hydrogen-bond acceptors (Lipinski definition) is 3. The molecule has 0 saturated carbocycles. The molecular weight excluding hydrogens is 238 g/mol. The molecule has 3 nitrogen and oxygen atoms in total. The smallest absolute Gasteiger partial charge is 0.141 e. The number of pyridine rings is 1. The minimum atomic E-state index is -0.430. The Balaban J connectivity index is 2.04. The van der Waals surface area contributed by atoms with Crippen LogP contribution in [-0.4, -0.2) is 4.98 Å². The second kappa shape index (κ2) is 5.55. The number of halogens is 2. The van der Waals surface area contributed by atoms with Crippen molar-refractivity contribution in [2.24, 2.45) is 5.73 Å². The molecular formula is C13H12F2N2O. The second-order valence-corrected chi connectivity index (χ2v) is 3.76. The maximum absolute atomic E-state index is 13.4. The first kappa shape index (κ1) is 12.4. The molecule has 18 heavy (non-hydrogen) atoms. The van der Waals surface area contributed by atoms with Crippen molar-refractivity contribution in [3.8, 4) is 5.75 Å². The van der Waals surface area contributed by atoms with Gasteiger partial charge in [0.2, 0.25) is 0 Å². The highest BCUT2D eigenvalue weighted by Crippen LogP contribution is 2.17. The molecule has 0 bridgehead atoms. The molecule has 0 aliphatic rings. The van der Waals surface area contributed by atoms with Gasteiger partial charge in [0.15, 0.2) is 0 Å². The van der Waals surface area contributed by atoms with Gasteiger partial charge in [0.25, 0.3) is 0 Å². The van der Waals surface area contributed by atoms with Gasteiger partial charge >= 0.3 is 0 Å². The van der Waals surface area contributed by atoms with Crippen LogP contribution in [0.15, 0.2) is 36.7 Å². The van der Waals surface area contributed by atoms with Crippen LogP contribution in [0.5, 0.6) is 5.75 Å². The lowest BCUT2D eigenvalue weighted by Gasteiger charge is -2.07. The van der Waals surface area contributed by atoms with E-state index in [2.05, 4.69) is 4.98 Å². The van der Waals surface area contributed by atoms with E-state index in [1.54, 1.807) is 12.1 Å². The molecule has 0 spiro atoms. The predicted octanol–water partition coefficient (Wildman–Crippen LogP) is 2.40. The molecule has 1 aromatic heterocycles. The molecule has 1 aromatic carbocycles. The van der Waals surface area contributed by atoms with Crippen LogP contribution < -0.4 is 10.5 Å². The maximum Gasteiger partial charge on any atom is 0.141 e. The number of rotatable bonds is 4. The van der Waals surface area contributed by atoms with E-state index in [0.717, 1.165) is 6.20 Å². The summed E-state index contributed by atoms with van der Waals surface area (Å²) in [5.74, 6) is -0.470. The number of nitrogens with two attached hydrogens (primary N) is 1. The van der Waals surface area contributed by atoms with E-state index >= 15 is 0 Å². The van der Waals surface area contributed by atoms with Gasteiger partial charge in [-0.1, -0.05) is 6.07 Å². The zero-order valence-corrected chi connectivity index (χ0v) is 9.57. The van der Waals surface area contributed by atoms with Crippen LogP contribution in [0.1, 0.15) is 11.1 Å². The summed E-state index contributed by atoms with van der Waals surface area (Å²) >= 11 is 0. The molecule has 0 atom stereocenters. The Labute approximate surface area is 103 Å². The third kappa shape index (κ3) is 3.01. The highest BCUT2D eigenvalue weighted by atomic mass is 19.1. The topological polar surface area (TPSA) is 48.1 Å². The molecule has 2 rings (SSSR count). The molecule has 0 aliphatic heterocycles. The maximum atomic E-state index is 13.4. The number of hydrogen-bond donors (Lipinski definition) is 1. The fourth-order valence-corrected chi connectivity index (χ4v) is 1.48. The number of nitrogens with zero attached hydrogens (tertiary/aromatic N) is 1. The van der Waals surface area contributed by atoms with Gasteiger partial charge in [-0.05, 0) is 12.1 Å². The molecule has 0 fully saturated rings. The van der Waals surface area contributed by atoms with Crippen molar-refractivity contribution in [2.75, 3.05) is 0 Å². The van der Waals surface area contributed by atoms with Crippen molar-refractivity contribution in [2.45, 2.75) is 13.2 Å². The summed E-state index contributed by atoms with van der Waals surface area (Å²) < 4.78 is 31.6. The molecule has 5 heteroatoms. The van der Waals surface area contributed by atoms with Gasteiger partial charge in [0, 0.05) is 29.9 Å². The quantitative estimate of drug-likeness (QED) is 0.906. The fourth-order valence-electron chi connectivity index (χ4n) is 1.48. The van der Waals surface area contributed by atoms with E-state index in [9.17, 15) is 8.78 Å². The molecule has 0 aliphatic carbocycles. The molecule has 2 N–H and O–H groups in total. The minimum absolute atomic E-state index is 0.131. The number of benzene rings is 1. The van der Waals surface area contributed by atoms with Gasteiger partial charge in [0.05, 0.1) is 6.20 Å². The Morgan fingerprint density at radius 1 is 1.17 bits per heavy atom. The van der Waals surface area contributed by atoms with Gasteiger partial charge in [-0.2, -0.15) is 0 Å². The summed E-state index contributed by atoms with van der Waals surface area (Å²) in [6.45, 7) is 0.270. The summed E-state index contributed by atoms with van der Waals surface area (Å²) in [6.07, 6.45) is 2.60. The molecule has 2 aromatic rings. The van der Waals surface area contributed by atoms with Gasteiger partial charge in [-0.15, -0.1) is 0 Å². The van der Waals surface area contributed by atoms with Gasteiger partial charge in [0.1, 0.15) is 24.0 Å².